The molecule has 18 heavy (non-hydrogen) atoms. The highest BCUT2D eigenvalue weighted by molar-refractivity contribution is 7.90. The molecule has 96 valence electrons. The number of nitrogens with two attached hydrogens (primary N) is 1. The van der Waals surface area contributed by atoms with Crippen LogP contribution >= 0.6 is 0 Å². The van der Waals surface area contributed by atoms with Crippen molar-refractivity contribution in [2.75, 3.05) is 6.26 Å². The van der Waals surface area contributed by atoms with E-state index in [2.05, 4.69) is 10.1 Å². The second kappa shape index (κ2) is 4.51. The molecule has 2 aromatic rings. The van der Waals surface area contributed by atoms with Crippen molar-refractivity contribution in [3.05, 3.63) is 36.4 Å². The summed E-state index contributed by atoms with van der Waals surface area (Å²) in [4.78, 5) is 4.37. The summed E-state index contributed by atoms with van der Waals surface area (Å²) < 4.78 is 24.1. The molecule has 0 saturated carbocycles. The maximum Gasteiger partial charge on any atom is 0.178 e. The van der Waals surface area contributed by atoms with Crippen LogP contribution < -0.4 is 5.73 Å². The number of pyridine rings is 1. The second-order valence-corrected chi connectivity index (χ2v) is 6.14. The van der Waals surface area contributed by atoms with Crippen molar-refractivity contribution in [2.45, 2.75) is 17.9 Å². The van der Waals surface area contributed by atoms with E-state index in [1.165, 1.54) is 17.1 Å². The third-order valence-electron chi connectivity index (χ3n) is 2.49. The van der Waals surface area contributed by atoms with Crippen molar-refractivity contribution in [2.24, 2.45) is 5.73 Å². The molecule has 0 aliphatic heterocycles. The summed E-state index contributed by atoms with van der Waals surface area (Å²) in [7, 11) is -3.24. The quantitative estimate of drug-likeness (QED) is 0.882. The molecule has 1 unspecified atom stereocenters. The van der Waals surface area contributed by atoms with Gasteiger partial charge in [0.2, 0.25) is 0 Å². The Labute approximate surface area is 105 Å². The third kappa shape index (κ3) is 2.57. The van der Waals surface area contributed by atoms with Gasteiger partial charge in [-0.1, -0.05) is 0 Å². The van der Waals surface area contributed by atoms with Gasteiger partial charge in [-0.3, -0.25) is 4.98 Å². The van der Waals surface area contributed by atoms with Gasteiger partial charge in [0.15, 0.2) is 9.84 Å². The monoisotopic (exact) mass is 266 g/mol. The van der Waals surface area contributed by atoms with E-state index in [0.29, 0.717) is 5.69 Å². The smallest absolute Gasteiger partial charge is 0.178 e. The average molecular weight is 266 g/mol. The van der Waals surface area contributed by atoms with Crippen molar-refractivity contribution in [1.82, 2.24) is 14.8 Å². The molecule has 0 radical (unpaired) electrons. The summed E-state index contributed by atoms with van der Waals surface area (Å²) in [5.74, 6) is 0. The van der Waals surface area contributed by atoms with Gasteiger partial charge in [0.1, 0.15) is 4.90 Å². The number of nitrogens with zero attached hydrogens (tertiary/aromatic N) is 3. The van der Waals surface area contributed by atoms with Gasteiger partial charge in [-0.25, -0.2) is 13.1 Å². The van der Waals surface area contributed by atoms with E-state index in [-0.39, 0.29) is 10.9 Å². The van der Waals surface area contributed by atoms with E-state index >= 15 is 0 Å². The Morgan fingerprint density at radius 1 is 1.33 bits per heavy atom. The first-order valence-electron chi connectivity index (χ1n) is 5.34. The minimum atomic E-state index is -3.24. The van der Waals surface area contributed by atoms with Crippen molar-refractivity contribution < 1.29 is 8.42 Å². The molecular weight excluding hydrogens is 252 g/mol. The van der Waals surface area contributed by atoms with Gasteiger partial charge in [-0.2, -0.15) is 5.10 Å². The first-order chi connectivity index (χ1) is 8.38. The number of hydrogen-bond acceptors (Lipinski definition) is 5. The fraction of sp³-hybridized carbons (Fsp3) is 0.273. The highest BCUT2D eigenvalue weighted by Crippen LogP contribution is 2.13. The number of hydrogen-bond donors (Lipinski definition) is 1. The number of sulfone groups is 1. The van der Waals surface area contributed by atoms with Gasteiger partial charge in [-0.05, 0) is 19.1 Å². The normalized spacial score (nSPS) is 13.5. The van der Waals surface area contributed by atoms with Gasteiger partial charge in [0, 0.05) is 18.5 Å². The van der Waals surface area contributed by atoms with Crippen molar-refractivity contribution in [1.29, 1.82) is 0 Å². The third-order valence-corrected chi connectivity index (χ3v) is 3.56. The average Bonchev–Trinajstić information content (AvgIpc) is 2.78. The van der Waals surface area contributed by atoms with Crippen LogP contribution in [0.1, 0.15) is 18.7 Å². The molecule has 2 rings (SSSR count). The molecular formula is C11H14N4O2S. The van der Waals surface area contributed by atoms with Crippen LogP contribution in [0, 0.1) is 0 Å². The van der Waals surface area contributed by atoms with E-state index < -0.39 is 9.84 Å². The molecule has 0 spiro atoms. The van der Waals surface area contributed by atoms with Gasteiger partial charge >= 0.3 is 0 Å². The predicted molar refractivity (Wildman–Crippen MR) is 67.1 cm³/mol. The van der Waals surface area contributed by atoms with Crippen LogP contribution in [0.2, 0.25) is 0 Å². The summed E-state index contributed by atoms with van der Waals surface area (Å²) in [5.41, 5.74) is 7.16. The minimum Gasteiger partial charge on any atom is -0.323 e. The molecule has 2 heterocycles. The molecule has 0 aromatic carbocycles. The highest BCUT2D eigenvalue weighted by atomic mass is 32.2. The first kappa shape index (κ1) is 12.7. The fourth-order valence-corrected chi connectivity index (χ4v) is 1.97. The Balaban J connectivity index is 2.35. The lowest BCUT2D eigenvalue weighted by atomic mass is 10.2. The Kier molecular flexibility index (Phi) is 3.18. The molecule has 2 aromatic heterocycles. The molecule has 1 atom stereocenters. The van der Waals surface area contributed by atoms with Crippen LogP contribution in [0.4, 0.5) is 0 Å². The first-order valence-corrected chi connectivity index (χ1v) is 7.23. The molecule has 0 saturated heterocycles. The maximum absolute atomic E-state index is 11.3. The molecule has 0 aliphatic rings. The molecule has 2 N–H and O–H groups in total. The van der Waals surface area contributed by atoms with Gasteiger partial charge in [-0.15, -0.1) is 0 Å². The number of rotatable bonds is 3. The molecule has 6 nitrogen and oxygen atoms in total. The van der Waals surface area contributed by atoms with Crippen molar-refractivity contribution >= 4 is 9.84 Å². The molecule has 0 bridgehead atoms. The highest BCUT2D eigenvalue weighted by Gasteiger charge is 2.11. The summed E-state index contributed by atoms with van der Waals surface area (Å²) in [6, 6.07) is 3.45. The largest absolute Gasteiger partial charge is 0.323 e. The van der Waals surface area contributed by atoms with Crippen LogP contribution in [-0.2, 0) is 9.84 Å². The van der Waals surface area contributed by atoms with Crippen LogP contribution in [0.25, 0.3) is 5.69 Å². The maximum atomic E-state index is 11.3. The standard InChI is InChI=1S/C11H14N4O2S/c1-8(12)11-4-3-9(5-13-11)15-7-10(6-14-15)18(2,16)17/h3-8H,12H2,1-2H3. The number of aromatic nitrogens is 3. The predicted octanol–water partition coefficient (Wildman–Crippen LogP) is 0.691. The van der Waals surface area contributed by atoms with E-state index in [9.17, 15) is 8.42 Å². The van der Waals surface area contributed by atoms with Crippen LogP contribution in [0.5, 0.6) is 0 Å². The van der Waals surface area contributed by atoms with Gasteiger partial charge in [0.05, 0.1) is 23.8 Å². The molecule has 0 aliphatic carbocycles. The Morgan fingerprint density at radius 2 is 2.06 bits per heavy atom. The summed E-state index contributed by atoms with van der Waals surface area (Å²) >= 11 is 0. The molecule has 0 fully saturated rings. The van der Waals surface area contributed by atoms with E-state index in [4.69, 9.17) is 5.73 Å². The lowest BCUT2D eigenvalue weighted by molar-refractivity contribution is 0.602. The minimum absolute atomic E-state index is 0.136. The van der Waals surface area contributed by atoms with E-state index in [1.807, 2.05) is 6.92 Å². The summed E-state index contributed by atoms with van der Waals surface area (Å²) in [6.07, 6.45) is 5.52. The van der Waals surface area contributed by atoms with Crippen molar-refractivity contribution in [3.8, 4) is 5.69 Å². The summed E-state index contributed by atoms with van der Waals surface area (Å²) in [6.45, 7) is 1.84. The van der Waals surface area contributed by atoms with Gasteiger partial charge < -0.3 is 5.73 Å². The summed E-state index contributed by atoms with van der Waals surface area (Å²) in [5, 5.41) is 3.99. The van der Waals surface area contributed by atoms with E-state index in [1.54, 1.807) is 18.3 Å². The van der Waals surface area contributed by atoms with Crippen LogP contribution in [0.15, 0.2) is 35.6 Å². The lowest BCUT2D eigenvalue weighted by Gasteiger charge is -2.05. The van der Waals surface area contributed by atoms with E-state index in [0.717, 1.165) is 11.9 Å². The topological polar surface area (TPSA) is 90.9 Å². The van der Waals surface area contributed by atoms with Crippen LogP contribution in [0.3, 0.4) is 0 Å². The van der Waals surface area contributed by atoms with Crippen molar-refractivity contribution in [3.63, 3.8) is 0 Å². The SMILES string of the molecule is CC(N)c1ccc(-n2cc(S(C)(=O)=O)cn2)cn1. The lowest BCUT2D eigenvalue weighted by Crippen LogP contribution is -2.07. The second-order valence-electron chi connectivity index (χ2n) is 4.12. The Morgan fingerprint density at radius 3 is 2.50 bits per heavy atom. The molecule has 7 heteroatoms. The zero-order chi connectivity index (χ0) is 13.3. The zero-order valence-corrected chi connectivity index (χ0v) is 10.9. The Bertz CT molecular complexity index is 644. The van der Waals surface area contributed by atoms with Gasteiger partial charge in [0.25, 0.3) is 0 Å². The van der Waals surface area contributed by atoms with Crippen LogP contribution in [-0.4, -0.2) is 29.4 Å². The Hall–Kier alpha value is -1.73. The zero-order valence-electron chi connectivity index (χ0n) is 10.1. The molecule has 0 amide bonds. The fourth-order valence-electron chi connectivity index (χ4n) is 1.44.